The van der Waals surface area contributed by atoms with Crippen LogP contribution in [0.5, 0.6) is 5.75 Å². The molecule has 0 N–H and O–H groups in total. The van der Waals surface area contributed by atoms with Gasteiger partial charge in [0.15, 0.2) is 0 Å². The topological polar surface area (TPSA) is 9.23 Å². The molecule has 1 aromatic carbocycles. The summed E-state index contributed by atoms with van der Waals surface area (Å²) in [5.74, 6) is 2.57. The van der Waals surface area contributed by atoms with E-state index in [9.17, 15) is 0 Å². The molecule has 2 rings (SSSR count). The van der Waals surface area contributed by atoms with Crippen molar-refractivity contribution in [2.24, 2.45) is 0 Å². The highest BCUT2D eigenvalue weighted by atomic mass is 32.2. The van der Waals surface area contributed by atoms with E-state index in [2.05, 4.69) is 51.1 Å². The Kier molecular flexibility index (Phi) is 3.53. The zero-order valence-electron chi connectivity index (χ0n) is 11.0. The molecule has 92 valence electrons. The van der Waals surface area contributed by atoms with Crippen LogP contribution < -0.4 is 4.74 Å². The van der Waals surface area contributed by atoms with Crippen LogP contribution in [0.2, 0.25) is 0 Å². The molecule has 1 unspecified atom stereocenters. The Hall–Kier alpha value is -0.890. The standard InChI is InChI=1S/C15H20OS/c1-5-8-15(4)10-17-14-9-12(11(2)3)6-7-13(14)16-15/h5-9,11H,10H2,1-4H3/b8-5+. The summed E-state index contributed by atoms with van der Waals surface area (Å²) in [4.78, 5) is 1.28. The molecule has 0 radical (unpaired) electrons. The van der Waals surface area contributed by atoms with Crippen LogP contribution in [0.3, 0.4) is 0 Å². The predicted octanol–water partition coefficient (Wildman–Crippen LogP) is 4.63. The predicted molar refractivity (Wildman–Crippen MR) is 75.1 cm³/mol. The average molecular weight is 248 g/mol. The summed E-state index contributed by atoms with van der Waals surface area (Å²) >= 11 is 1.89. The minimum Gasteiger partial charge on any atom is -0.481 e. The van der Waals surface area contributed by atoms with Crippen molar-refractivity contribution in [1.82, 2.24) is 0 Å². The summed E-state index contributed by atoms with van der Waals surface area (Å²) in [7, 11) is 0. The van der Waals surface area contributed by atoms with Gasteiger partial charge in [-0.1, -0.05) is 26.0 Å². The van der Waals surface area contributed by atoms with E-state index in [1.54, 1.807) is 0 Å². The molecule has 17 heavy (non-hydrogen) atoms. The van der Waals surface area contributed by atoms with Crippen LogP contribution in [0.4, 0.5) is 0 Å². The second-order valence-corrected chi connectivity index (χ2v) is 6.08. The Morgan fingerprint density at radius 3 is 2.82 bits per heavy atom. The van der Waals surface area contributed by atoms with Gasteiger partial charge in [0.1, 0.15) is 11.4 Å². The first-order valence-electron chi connectivity index (χ1n) is 6.14. The molecule has 1 heterocycles. The molecule has 1 aromatic rings. The van der Waals surface area contributed by atoms with Crippen LogP contribution in [0.15, 0.2) is 35.2 Å². The SMILES string of the molecule is C/C=C/C1(C)CSc2cc(C(C)C)ccc2O1. The zero-order chi connectivity index (χ0) is 12.5. The largest absolute Gasteiger partial charge is 0.481 e. The van der Waals surface area contributed by atoms with Gasteiger partial charge in [0.05, 0.1) is 0 Å². The van der Waals surface area contributed by atoms with Crippen molar-refractivity contribution in [2.75, 3.05) is 5.75 Å². The lowest BCUT2D eigenvalue weighted by molar-refractivity contribution is 0.157. The normalized spacial score (nSPS) is 23.8. The van der Waals surface area contributed by atoms with E-state index >= 15 is 0 Å². The third-order valence-electron chi connectivity index (χ3n) is 3.01. The number of thioether (sulfide) groups is 1. The van der Waals surface area contributed by atoms with Crippen LogP contribution in [-0.4, -0.2) is 11.4 Å². The molecule has 0 spiro atoms. The molecule has 0 bridgehead atoms. The quantitative estimate of drug-likeness (QED) is 0.706. The fourth-order valence-corrected chi connectivity index (χ4v) is 3.09. The van der Waals surface area contributed by atoms with Gasteiger partial charge in [0, 0.05) is 10.6 Å². The lowest BCUT2D eigenvalue weighted by Crippen LogP contribution is -2.35. The number of fused-ring (bicyclic) bond motifs is 1. The van der Waals surface area contributed by atoms with Crippen molar-refractivity contribution >= 4 is 11.8 Å². The fraction of sp³-hybridized carbons (Fsp3) is 0.467. The average Bonchev–Trinajstić information content (AvgIpc) is 2.28. The molecule has 2 heteroatoms. The van der Waals surface area contributed by atoms with Gasteiger partial charge in [-0.05, 0) is 43.5 Å². The highest BCUT2D eigenvalue weighted by Gasteiger charge is 2.29. The summed E-state index contributed by atoms with van der Waals surface area (Å²) in [5, 5.41) is 0. The van der Waals surface area contributed by atoms with Crippen molar-refractivity contribution in [2.45, 2.75) is 44.1 Å². The number of hydrogen-bond donors (Lipinski definition) is 0. The second kappa shape index (κ2) is 4.77. The van der Waals surface area contributed by atoms with Crippen LogP contribution in [0.25, 0.3) is 0 Å². The van der Waals surface area contributed by atoms with E-state index in [0.717, 1.165) is 11.5 Å². The molecule has 0 aromatic heterocycles. The molecule has 0 amide bonds. The molecule has 0 saturated carbocycles. The monoisotopic (exact) mass is 248 g/mol. The summed E-state index contributed by atoms with van der Waals surface area (Å²) in [5.41, 5.74) is 1.22. The van der Waals surface area contributed by atoms with Gasteiger partial charge in [-0.15, -0.1) is 11.8 Å². The maximum absolute atomic E-state index is 6.09. The summed E-state index contributed by atoms with van der Waals surface area (Å²) in [6, 6.07) is 6.55. The van der Waals surface area contributed by atoms with Gasteiger partial charge in [-0.3, -0.25) is 0 Å². The lowest BCUT2D eigenvalue weighted by atomic mass is 10.0. The van der Waals surface area contributed by atoms with Crippen molar-refractivity contribution in [1.29, 1.82) is 0 Å². The molecule has 1 atom stereocenters. The van der Waals surface area contributed by atoms with E-state index in [0.29, 0.717) is 5.92 Å². The maximum Gasteiger partial charge on any atom is 0.134 e. The summed E-state index contributed by atoms with van der Waals surface area (Å²) in [6.45, 7) is 8.62. The minimum atomic E-state index is -0.161. The second-order valence-electron chi connectivity index (χ2n) is 5.06. The Morgan fingerprint density at radius 1 is 1.41 bits per heavy atom. The number of allylic oxidation sites excluding steroid dienone is 1. The fourth-order valence-electron chi connectivity index (χ4n) is 2.02. The van der Waals surface area contributed by atoms with Gasteiger partial charge in [0.25, 0.3) is 0 Å². The highest BCUT2D eigenvalue weighted by Crippen LogP contribution is 2.41. The van der Waals surface area contributed by atoms with E-state index in [1.807, 2.05) is 18.7 Å². The van der Waals surface area contributed by atoms with Crippen molar-refractivity contribution in [3.8, 4) is 5.75 Å². The van der Waals surface area contributed by atoms with Gasteiger partial charge in [-0.25, -0.2) is 0 Å². The zero-order valence-corrected chi connectivity index (χ0v) is 11.8. The van der Waals surface area contributed by atoms with Crippen LogP contribution in [-0.2, 0) is 0 Å². The summed E-state index contributed by atoms with van der Waals surface area (Å²) in [6.07, 6.45) is 4.20. The van der Waals surface area contributed by atoms with Gasteiger partial charge < -0.3 is 4.74 Å². The lowest BCUT2D eigenvalue weighted by Gasteiger charge is -2.33. The molecular formula is C15H20OS. The maximum atomic E-state index is 6.09. The van der Waals surface area contributed by atoms with Crippen molar-refractivity contribution in [3.05, 3.63) is 35.9 Å². The Bertz CT molecular complexity index is 437. The van der Waals surface area contributed by atoms with Gasteiger partial charge >= 0.3 is 0 Å². The molecule has 1 aliphatic rings. The van der Waals surface area contributed by atoms with Crippen LogP contribution in [0, 0.1) is 0 Å². The van der Waals surface area contributed by atoms with Crippen molar-refractivity contribution < 1.29 is 4.74 Å². The van der Waals surface area contributed by atoms with Gasteiger partial charge in [-0.2, -0.15) is 0 Å². The first kappa shape index (κ1) is 12.6. The first-order chi connectivity index (χ1) is 8.04. The smallest absolute Gasteiger partial charge is 0.134 e. The third-order valence-corrected chi connectivity index (χ3v) is 4.36. The molecule has 1 nitrogen and oxygen atoms in total. The van der Waals surface area contributed by atoms with Crippen molar-refractivity contribution in [3.63, 3.8) is 0 Å². The Balaban J connectivity index is 2.29. The molecule has 0 fully saturated rings. The van der Waals surface area contributed by atoms with E-state index in [1.165, 1.54) is 10.5 Å². The molecular weight excluding hydrogens is 228 g/mol. The minimum absolute atomic E-state index is 0.161. The molecule has 0 saturated heterocycles. The number of rotatable bonds is 2. The Morgan fingerprint density at radius 2 is 2.18 bits per heavy atom. The first-order valence-corrected chi connectivity index (χ1v) is 7.12. The van der Waals surface area contributed by atoms with E-state index in [-0.39, 0.29) is 5.60 Å². The van der Waals surface area contributed by atoms with E-state index in [4.69, 9.17) is 4.74 Å². The molecule has 0 aliphatic carbocycles. The number of benzene rings is 1. The Labute approximate surface area is 108 Å². The van der Waals surface area contributed by atoms with Crippen LogP contribution >= 0.6 is 11.8 Å². The summed E-state index contributed by atoms with van der Waals surface area (Å²) < 4.78 is 6.09. The van der Waals surface area contributed by atoms with E-state index < -0.39 is 0 Å². The third kappa shape index (κ3) is 2.68. The van der Waals surface area contributed by atoms with Gasteiger partial charge in [0.2, 0.25) is 0 Å². The molecule has 1 aliphatic heterocycles. The number of hydrogen-bond acceptors (Lipinski definition) is 2. The highest BCUT2D eigenvalue weighted by molar-refractivity contribution is 7.99. The van der Waals surface area contributed by atoms with Crippen LogP contribution in [0.1, 0.15) is 39.2 Å². The number of ether oxygens (including phenoxy) is 1.